The number of ketones is 1. The molecule has 0 radical (unpaired) electrons. The summed E-state index contributed by atoms with van der Waals surface area (Å²) in [5, 5.41) is 3.28. The van der Waals surface area contributed by atoms with Gasteiger partial charge in [-0.3, -0.25) is 9.59 Å². The van der Waals surface area contributed by atoms with Gasteiger partial charge in [0.25, 0.3) is 0 Å². The summed E-state index contributed by atoms with van der Waals surface area (Å²) in [6, 6.07) is 11.2. The first-order valence-corrected chi connectivity index (χ1v) is 12.3. The van der Waals surface area contributed by atoms with E-state index in [1.54, 1.807) is 19.2 Å². The van der Waals surface area contributed by atoms with E-state index in [0.29, 0.717) is 29.0 Å². The van der Waals surface area contributed by atoms with E-state index < -0.39 is 23.8 Å². The van der Waals surface area contributed by atoms with Crippen molar-refractivity contribution in [2.75, 3.05) is 14.2 Å². The third-order valence-corrected chi connectivity index (χ3v) is 7.60. The number of hydrogen-bond donors (Lipinski definition) is 1. The Morgan fingerprint density at radius 2 is 1.80 bits per heavy atom. The lowest BCUT2D eigenvalue weighted by Crippen LogP contribution is -2.43. The van der Waals surface area contributed by atoms with Crippen LogP contribution in [0.2, 0.25) is 0 Å². The summed E-state index contributed by atoms with van der Waals surface area (Å²) in [4.78, 5) is 41.6. The van der Waals surface area contributed by atoms with Gasteiger partial charge >= 0.3 is 11.9 Å². The van der Waals surface area contributed by atoms with Crippen molar-refractivity contribution >= 4 is 29.1 Å². The monoisotopic (exact) mass is 495 g/mol. The Hall–Kier alpha value is -3.39. The molecule has 2 aromatic rings. The number of carbonyl (C=O) groups excluding carboxylic acids is 3. The van der Waals surface area contributed by atoms with Crippen molar-refractivity contribution in [3.8, 4) is 5.75 Å². The Morgan fingerprint density at radius 1 is 1.09 bits per heavy atom. The molecule has 2 heterocycles. The number of allylic oxidation sites excluding steroid dienone is 3. The molecular formula is C27H29NO6S. The Balaban J connectivity index is 1.69. The van der Waals surface area contributed by atoms with Gasteiger partial charge in [0, 0.05) is 26.7 Å². The molecule has 35 heavy (non-hydrogen) atoms. The number of ether oxygens (including phenoxy) is 3. The van der Waals surface area contributed by atoms with E-state index in [1.165, 1.54) is 18.4 Å². The Kier molecular flexibility index (Phi) is 7.12. The van der Waals surface area contributed by atoms with Crippen LogP contribution >= 0.6 is 11.3 Å². The SMILES string of the molecule is COC(=O)[C@H]1C(=O)C2=C(C[C@H]1C)NC(C)=C(C(=O)OCc1ccc(OC)cc1)[C@@H]2c1ccc(C)s1. The summed E-state index contributed by atoms with van der Waals surface area (Å²) >= 11 is 1.52. The molecule has 184 valence electrons. The van der Waals surface area contributed by atoms with Gasteiger partial charge in [0.2, 0.25) is 0 Å². The molecule has 1 aliphatic carbocycles. The molecule has 8 heteroatoms. The van der Waals surface area contributed by atoms with Gasteiger partial charge in [-0.1, -0.05) is 19.1 Å². The average Bonchev–Trinajstić information content (AvgIpc) is 3.27. The number of rotatable bonds is 6. The van der Waals surface area contributed by atoms with Crippen molar-refractivity contribution in [2.45, 2.75) is 39.7 Å². The highest BCUT2D eigenvalue weighted by Gasteiger charge is 2.47. The van der Waals surface area contributed by atoms with Crippen LogP contribution in [0.15, 0.2) is 58.9 Å². The minimum absolute atomic E-state index is 0.0808. The summed E-state index contributed by atoms with van der Waals surface area (Å²) in [6.45, 7) is 5.75. The molecule has 1 aromatic carbocycles. The largest absolute Gasteiger partial charge is 0.497 e. The third kappa shape index (κ3) is 4.75. The molecule has 0 spiro atoms. The second-order valence-electron chi connectivity index (χ2n) is 8.91. The summed E-state index contributed by atoms with van der Waals surface area (Å²) in [6.07, 6.45) is 0.507. The van der Waals surface area contributed by atoms with E-state index in [9.17, 15) is 14.4 Å². The van der Waals surface area contributed by atoms with Crippen LogP contribution in [-0.2, 0) is 30.5 Å². The molecule has 1 aliphatic heterocycles. The second-order valence-corrected chi connectivity index (χ2v) is 10.2. The van der Waals surface area contributed by atoms with E-state index in [-0.39, 0.29) is 18.3 Å². The summed E-state index contributed by atoms with van der Waals surface area (Å²) in [5.74, 6) is -2.38. The van der Waals surface area contributed by atoms with Gasteiger partial charge in [0.15, 0.2) is 5.78 Å². The molecular weight excluding hydrogens is 466 g/mol. The molecule has 7 nitrogen and oxygen atoms in total. The number of esters is 2. The summed E-state index contributed by atoms with van der Waals surface area (Å²) in [5.41, 5.74) is 3.05. The van der Waals surface area contributed by atoms with Crippen molar-refractivity contribution < 1.29 is 28.6 Å². The van der Waals surface area contributed by atoms with Crippen molar-refractivity contribution in [2.24, 2.45) is 11.8 Å². The normalized spacial score (nSPS) is 21.9. The molecule has 0 saturated carbocycles. The smallest absolute Gasteiger partial charge is 0.337 e. The van der Waals surface area contributed by atoms with Crippen LogP contribution in [0.5, 0.6) is 5.75 Å². The standard InChI is InChI=1S/C27H29NO6S/c1-14-12-19-23(25(29)21(14)26(30)33-5)24(20-11-6-15(2)35-20)22(16(3)28-19)27(31)34-13-17-7-9-18(32-4)10-8-17/h6-11,14,21,24,28H,12-13H2,1-5H3/t14-,21-,24+/m1/s1. The van der Waals surface area contributed by atoms with Gasteiger partial charge in [-0.05, 0) is 56.0 Å². The first kappa shape index (κ1) is 24.7. The van der Waals surface area contributed by atoms with Gasteiger partial charge in [0.1, 0.15) is 18.3 Å². The third-order valence-electron chi connectivity index (χ3n) is 6.54. The molecule has 0 amide bonds. The topological polar surface area (TPSA) is 90.9 Å². The number of methoxy groups -OCH3 is 2. The zero-order valence-electron chi connectivity index (χ0n) is 20.5. The average molecular weight is 496 g/mol. The number of benzene rings is 1. The number of carbonyl (C=O) groups is 3. The first-order chi connectivity index (χ1) is 16.7. The maximum Gasteiger partial charge on any atom is 0.337 e. The molecule has 3 atom stereocenters. The highest BCUT2D eigenvalue weighted by Crippen LogP contribution is 2.47. The minimum Gasteiger partial charge on any atom is -0.497 e. The van der Waals surface area contributed by atoms with Crippen LogP contribution in [-0.4, -0.2) is 31.9 Å². The number of Topliss-reactive ketones (excluding diaryl/α,β-unsaturated/α-hetero) is 1. The van der Waals surface area contributed by atoms with Crippen molar-refractivity contribution in [3.63, 3.8) is 0 Å². The number of nitrogens with one attached hydrogen (secondary N) is 1. The summed E-state index contributed by atoms with van der Waals surface area (Å²) < 4.78 is 15.8. The maximum atomic E-state index is 13.7. The number of hydrogen-bond acceptors (Lipinski definition) is 8. The Labute approximate surface area is 208 Å². The van der Waals surface area contributed by atoms with E-state index in [0.717, 1.165) is 21.0 Å². The van der Waals surface area contributed by atoms with Gasteiger partial charge in [-0.2, -0.15) is 0 Å². The van der Waals surface area contributed by atoms with Crippen molar-refractivity contribution in [3.05, 3.63) is 74.3 Å². The Morgan fingerprint density at radius 3 is 2.40 bits per heavy atom. The van der Waals surface area contributed by atoms with Crippen molar-refractivity contribution in [1.29, 1.82) is 0 Å². The fourth-order valence-electron chi connectivity index (χ4n) is 4.79. The molecule has 4 rings (SSSR count). The van der Waals surface area contributed by atoms with Gasteiger partial charge < -0.3 is 19.5 Å². The van der Waals surface area contributed by atoms with Crippen LogP contribution in [0, 0.1) is 18.8 Å². The number of dihydropyridines is 1. The van der Waals surface area contributed by atoms with Gasteiger partial charge in [0.05, 0.1) is 25.7 Å². The number of thiophene rings is 1. The van der Waals surface area contributed by atoms with Gasteiger partial charge in [-0.25, -0.2) is 4.79 Å². The second kappa shape index (κ2) is 10.1. The lowest BCUT2D eigenvalue weighted by atomic mass is 9.70. The van der Waals surface area contributed by atoms with Crippen LogP contribution in [0.25, 0.3) is 0 Å². The fourth-order valence-corrected chi connectivity index (χ4v) is 5.79. The minimum atomic E-state index is -0.904. The lowest BCUT2D eigenvalue weighted by molar-refractivity contribution is -0.151. The Bertz CT molecular complexity index is 1220. The van der Waals surface area contributed by atoms with Crippen LogP contribution < -0.4 is 10.1 Å². The highest BCUT2D eigenvalue weighted by atomic mass is 32.1. The molecule has 2 aliphatic rings. The van der Waals surface area contributed by atoms with E-state index in [1.807, 2.05) is 45.0 Å². The van der Waals surface area contributed by atoms with Crippen LogP contribution in [0.3, 0.4) is 0 Å². The first-order valence-electron chi connectivity index (χ1n) is 11.4. The number of aryl methyl sites for hydroxylation is 1. The van der Waals surface area contributed by atoms with Gasteiger partial charge in [-0.15, -0.1) is 11.3 Å². The van der Waals surface area contributed by atoms with E-state index in [4.69, 9.17) is 14.2 Å². The predicted molar refractivity (Wildman–Crippen MR) is 132 cm³/mol. The fraction of sp³-hybridized carbons (Fsp3) is 0.370. The zero-order valence-corrected chi connectivity index (χ0v) is 21.3. The van der Waals surface area contributed by atoms with Crippen LogP contribution in [0.4, 0.5) is 0 Å². The summed E-state index contributed by atoms with van der Waals surface area (Å²) in [7, 11) is 2.88. The molecule has 0 bridgehead atoms. The molecule has 0 unspecified atom stereocenters. The molecule has 1 aromatic heterocycles. The quantitative estimate of drug-likeness (QED) is 0.469. The molecule has 0 saturated heterocycles. The maximum absolute atomic E-state index is 13.7. The molecule has 1 N–H and O–H groups in total. The van der Waals surface area contributed by atoms with E-state index >= 15 is 0 Å². The lowest BCUT2D eigenvalue weighted by Gasteiger charge is -2.37. The predicted octanol–water partition coefficient (Wildman–Crippen LogP) is 4.42. The van der Waals surface area contributed by atoms with Crippen LogP contribution in [0.1, 0.15) is 41.5 Å². The highest BCUT2D eigenvalue weighted by molar-refractivity contribution is 7.12. The molecule has 0 fully saturated rings. The zero-order chi connectivity index (χ0) is 25.3. The van der Waals surface area contributed by atoms with E-state index in [2.05, 4.69) is 5.32 Å². The van der Waals surface area contributed by atoms with Crippen molar-refractivity contribution in [1.82, 2.24) is 5.32 Å².